The van der Waals surface area contributed by atoms with Gasteiger partial charge in [-0.15, -0.1) is 0 Å². The first-order valence-electron chi connectivity index (χ1n) is 4.79. The van der Waals surface area contributed by atoms with Gasteiger partial charge in [-0.25, -0.2) is 4.79 Å². The molecule has 0 bridgehead atoms. The van der Waals surface area contributed by atoms with Gasteiger partial charge in [-0.2, -0.15) is 5.10 Å². The van der Waals surface area contributed by atoms with Crippen molar-refractivity contribution in [1.29, 1.82) is 0 Å². The summed E-state index contributed by atoms with van der Waals surface area (Å²) in [7, 11) is 1.62. The zero-order chi connectivity index (χ0) is 9.97. The Bertz CT molecular complexity index is 333. The number of hydrogen-bond donors (Lipinski definition) is 3. The number of amides is 2. The van der Waals surface area contributed by atoms with Crippen molar-refractivity contribution in [2.75, 3.05) is 7.05 Å². The molecule has 1 heterocycles. The minimum atomic E-state index is -0.113. The van der Waals surface area contributed by atoms with Crippen LogP contribution >= 0.6 is 0 Å². The zero-order valence-electron chi connectivity index (χ0n) is 8.13. The van der Waals surface area contributed by atoms with E-state index in [0.717, 1.165) is 25.0 Å². The zero-order valence-corrected chi connectivity index (χ0v) is 8.13. The number of rotatable bonds is 1. The number of urea groups is 1. The highest BCUT2D eigenvalue weighted by Crippen LogP contribution is 2.18. The lowest BCUT2D eigenvalue weighted by molar-refractivity contribution is 0.237. The van der Waals surface area contributed by atoms with Gasteiger partial charge >= 0.3 is 6.03 Å². The number of fused-ring (bicyclic) bond motifs is 1. The molecule has 3 N–H and O–H groups in total. The minimum Gasteiger partial charge on any atom is -0.341 e. The second kappa shape index (κ2) is 3.69. The van der Waals surface area contributed by atoms with E-state index in [9.17, 15) is 4.79 Å². The lowest BCUT2D eigenvalue weighted by Crippen LogP contribution is -2.43. The molecule has 2 amide bonds. The fourth-order valence-corrected chi connectivity index (χ4v) is 1.79. The Labute approximate surface area is 82.3 Å². The summed E-state index contributed by atoms with van der Waals surface area (Å²) in [6.07, 6.45) is 4.69. The number of carbonyl (C=O) groups excluding carboxylic acids is 1. The number of hydrogen-bond acceptors (Lipinski definition) is 2. The monoisotopic (exact) mass is 194 g/mol. The fraction of sp³-hybridized carbons (Fsp3) is 0.556. The molecule has 5 nitrogen and oxygen atoms in total. The van der Waals surface area contributed by atoms with E-state index in [1.807, 2.05) is 6.20 Å². The van der Waals surface area contributed by atoms with Gasteiger partial charge in [-0.3, -0.25) is 5.10 Å². The van der Waals surface area contributed by atoms with Gasteiger partial charge in [-0.1, -0.05) is 0 Å². The molecule has 1 aromatic heterocycles. The maximum absolute atomic E-state index is 11.1. The highest BCUT2D eigenvalue weighted by atomic mass is 16.2. The first-order chi connectivity index (χ1) is 6.79. The van der Waals surface area contributed by atoms with Crippen molar-refractivity contribution in [2.24, 2.45) is 0 Å². The Morgan fingerprint density at radius 2 is 2.57 bits per heavy atom. The number of aromatic amines is 1. The van der Waals surface area contributed by atoms with Gasteiger partial charge in [0.2, 0.25) is 0 Å². The van der Waals surface area contributed by atoms with E-state index in [0.29, 0.717) is 0 Å². The quantitative estimate of drug-likeness (QED) is 0.597. The van der Waals surface area contributed by atoms with Crippen molar-refractivity contribution in [1.82, 2.24) is 20.8 Å². The van der Waals surface area contributed by atoms with Crippen molar-refractivity contribution >= 4 is 6.03 Å². The third-order valence-electron chi connectivity index (χ3n) is 2.58. The molecule has 1 atom stereocenters. The van der Waals surface area contributed by atoms with E-state index in [4.69, 9.17) is 0 Å². The third-order valence-corrected chi connectivity index (χ3v) is 2.58. The van der Waals surface area contributed by atoms with Crippen molar-refractivity contribution in [2.45, 2.75) is 25.3 Å². The van der Waals surface area contributed by atoms with Crippen LogP contribution < -0.4 is 10.6 Å². The summed E-state index contributed by atoms with van der Waals surface area (Å²) < 4.78 is 0. The molecule has 0 aromatic carbocycles. The summed E-state index contributed by atoms with van der Waals surface area (Å²) in [6.45, 7) is 0. The van der Waals surface area contributed by atoms with Crippen LogP contribution in [0.2, 0.25) is 0 Å². The molecule has 5 heteroatoms. The maximum atomic E-state index is 11.1. The number of carbonyl (C=O) groups is 1. The predicted octanol–water partition coefficient (Wildman–Crippen LogP) is 0.196. The van der Waals surface area contributed by atoms with Crippen molar-refractivity contribution in [3.63, 3.8) is 0 Å². The van der Waals surface area contributed by atoms with Gasteiger partial charge in [0.15, 0.2) is 0 Å². The van der Waals surface area contributed by atoms with Crippen LogP contribution in [0.5, 0.6) is 0 Å². The highest BCUT2D eigenvalue weighted by molar-refractivity contribution is 5.73. The Balaban J connectivity index is 1.97. The van der Waals surface area contributed by atoms with Gasteiger partial charge in [-0.05, 0) is 18.4 Å². The van der Waals surface area contributed by atoms with Crippen LogP contribution in [0.15, 0.2) is 6.20 Å². The average molecular weight is 194 g/mol. The number of aryl methyl sites for hydroxylation is 1. The summed E-state index contributed by atoms with van der Waals surface area (Å²) in [4.78, 5) is 11.1. The smallest absolute Gasteiger partial charge is 0.314 e. The van der Waals surface area contributed by atoms with Crippen molar-refractivity contribution in [3.8, 4) is 0 Å². The standard InChI is InChI=1S/C9H14N4O/c1-10-9(14)12-7-3-2-6-5-11-13-8(6)4-7/h5,7H,2-4H2,1H3,(H,11,13)(H2,10,12,14). The van der Waals surface area contributed by atoms with Crippen LogP contribution in [-0.2, 0) is 12.8 Å². The SMILES string of the molecule is CNC(=O)NC1CCc2cn[nH]c2C1. The molecule has 1 aromatic rings. The molecule has 0 radical (unpaired) electrons. The lowest BCUT2D eigenvalue weighted by Gasteiger charge is -2.22. The van der Waals surface area contributed by atoms with Gasteiger partial charge < -0.3 is 10.6 Å². The topological polar surface area (TPSA) is 69.8 Å². The van der Waals surface area contributed by atoms with Gasteiger partial charge in [0, 0.05) is 25.2 Å². The van der Waals surface area contributed by atoms with E-state index in [-0.39, 0.29) is 12.1 Å². The van der Waals surface area contributed by atoms with E-state index in [2.05, 4.69) is 20.8 Å². The van der Waals surface area contributed by atoms with E-state index >= 15 is 0 Å². The molecule has 0 aliphatic heterocycles. The molecular weight excluding hydrogens is 180 g/mol. The molecule has 1 aliphatic carbocycles. The molecule has 0 spiro atoms. The van der Waals surface area contributed by atoms with Crippen LogP contribution in [0.1, 0.15) is 17.7 Å². The molecular formula is C9H14N4O. The molecule has 0 fully saturated rings. The normalized spacial score (nSPS) is 19.9. The van der Waals surface area contributed by atoms with Crippen LogP contribution in [0.25, 0.3) is 0 Å². The van der Waals surface area contributed by atoms with E-state index in [1.165, 1.54) is 5.56 Å². The van der Waals surface area contributed by atoms with Crippen LogP contribution in [0, 0.1) is 0 Å². The van der Waals surface area contributed by atoms with E-state index < -0.39 is 0 Å². The summed E-state index contributed by atoms with van der Waals surface area (Å²) in [5.74, 6) is 0. The summed E-state index contributed by atoms with van der Waals surface area (Å²) in [6, 6.07) is 0.112. The second-order valence-corrected chi connectivity index (χ2v) is 3.54. The van der Waals surface area contributed by atoms with Crippen LogP contribution in [0.4, 0.5) is 4.79 Å². The molecule has 1 unspecified atom stereocenters. The second-order valence-electron chi connectivity index (χ2n) is 3.54. The Kier molecular flexibility index (Phi) is 2.39. The van der Waals surface area contributed by atoms with Crippen molar-refractivity contribution < 1.29 is 4.79 Å². The van der Waals surface area contributed by atoms with Crippen LogP contribution in [0.3, 0.4) is 0 Å². The molecule has 0 saturated carbocycles. The Hall–Kier alpha value is -1.52. The van der Waals surface area contributed by atoms with Crippen LogP contribution in [-0.4, -0.2) is 29.3 Å². The van der Waals surface area contributed by atoms with Crippen molar-refractivity contribution in [3.05, 3.63) is 17.5 Å². The summed E-state index contributed by atoms with van der Waals surface area (Å²) in [5, 5.41) is 12.4. The molecule has 76 valence electrons. The molecule has 14 heavy (non-hydrogen) atoms. The van der Waals surface area contributed by atoms with E-state index in [1.54, 1.807) is 7.05 Å². The highest BCUT2D eigenvalue weighted by Gasteiger charge is 2.20. The summed E-state index contributed by atoms with van der Waals surface area (Å²) >= 11 is 0. The first-order valence-corrected chi connectivity index (χ1v) is 4.79. The predicted molar refractivity (Wildman–Crippen MR) is 52.0 cm³/mol. The fourth-order valence-electron chi connectivity index (χ4n) is 1.79. The molecule has 2 rings (SSSR count). The third kappa shape index (κ3) is 1.71. The number of nitrogens with one attached hydrogen (secondary N) is 3. The first kappa shape index (κ1) is 9.05. The van der Waals surface area contributed by atoms with Gasteiger partial charge in [0.25, 0.3) is 0 Å². The number of aromatic nitrogens is 2. The van der Waals surface area contributed by atoms with Gasteiger partial charge in [0.05, 0.1) is 6.20 Å². The number of H-pyrrole nitrogens is 1. The molecule has 0 saturated heterocycles. The lowest BCUT2D eigenvalue weighted by atomic mass is 9.94. The average Bonchev–Trinajstić information content (AvgIpc) is 2.64. The molecule has 1 aliphatic rings. The minimum absolute atomic E-state index is 0.113. The van der Waals surface area contributed by atoms with Gasteiger partial charge in [0.1, 0.15) is 0 Å². The Morgan fingerprint density at radius 1 is 1.71 bits per heavy atom. The maximum Gasteiger partial charge on any atom is 0.314 e. The largest absolute Gasteiger partial charge is 0.341 e. The Morgan fingerprint density at radius 3 is 3.36 bits per heavy atom. The summed E-state index contributed by atoms with van der Waals surface area (Å²) in [5.41, 5.74) is 2.43. The number of nitrogens with zero attached hydrogens (tertiary/aromatic N) is 1.